The lowest BCUT2D eigenvalue weighted by atomic mass is 9.91. The minimum atomic E-state index is -1.44. The maximum absolute atomic E-state index is 13.3. The largest absolute Gasteiger partial charge is 0.467 e. The van der Waals surface area contributed by atoms with E-state index >= 15 is 0 Å². The number of hydrogen-bond donors (Lipinski definition) is 1. The van der Waals surface area contributed by atoms with Crippen LogP contribution in [0, 0.1) is 11.6 Å². The Morgan fingerprint density at radius 1 is 1.45 bits per heavy atom. The Bertz CT molecular complexity index is 526. The monoisotopic (exact) mass is 284 g/mol. The first kappa shape index (κ1) is 15.9. The van der Waals surface area contributed by atoms with E-state index in [4.69, 9.17) is 5.53 Å². The van der Waals surface area contributed by atoms with E-state index in [2.05, 4.69) is 20.1 Å². The number of carbonyl (C=O) groups excluding carboxylic acids is 1. The summed E-state index contributed by atoms with van der Waals surface area (Å²) in [6.07, 6.45) is 0. The molecule has 0 spiro atoms. The second-order valence-electron chi connectivity index (χ2n) is 4.16. The number of ether oxygens (including phenoxy) is 1. The molecule has 0 saturated carbocycles. The number of nitrogens with zero attached hydrogens (tertiary/aromatic N) is 3. The molecule has 0 heterocycles. The molecule has 1 aromatic carbocycles. The molecule has 0 amide bonds. The van der Waals surface area contributed by atoms with Crippen molar-refractivity contribution in [2.24, 2.45) is 5.11 Å². The molecule has 1 rings (SSSR count). The Morgan fingerprint density at radius 2 is 2.05 bits per heavy atom. The van der Waals surface area contributed by atoms with Crippen molar-refractivity contribution in [3.63, 3.8) is 0 Å². The van der Waals surface area contributed by atoms with Crippen LogP contribution in [0.15, 0.2) is 23.3 Å². The van der Waals surface area contributed by atoms with E-state index in [1.165, 1.54) is 14.0 Å². The third-order valence-electron chi connectivity index (χ3n) is 2.79. The molecule has 1 aromatic rings. The van der Waals surface area contributed by atoms with Gasteiger partial charge in [0.1, 0.15) is 17.2 Å². The van der Waals surface area contributed by atoms with Crippen LogP contribution in [0.1, 0.15) is 12.5 Å². The summed E-state index contributed by atoms with van der Waals surface area (Å²) in [5.41, 5.74) is 6.82. The number of methoxy groups -OCH3 is 1. The molecule has 0 radical (unpaired) electrons. The van der Waals surface area contributed by atoms with Gasteiger partial charge < -0.3 is 4.74 Å². The Balaban J connectivity index is 3.09. The minimum absolute atomic E-state index is 0.0842. The second kappa shape index (κ2) is 6.83. The number of carbonyl (C=O) groups is 1. The summed E-state index contributed by atoms with van der Waals surface area (Å²) in [6, 6.07) is 2.79. The van der Waals surface area contributed by atoms with Crippen LogP contribution in [0.5, 0.6) is 0 Å². The molecule has 0 aliphatic heterocycles. The SMILES string of the molecule is COC(=O)C(C)(NCCN=[N+]=[N-])c1cc(F)cc(F)c1. The molecule has 1 unspecified atom stereocenters. The zero-order chi connectivity index (χ0) is 15.2. The van der Waals surface area contributed by atoms with Crippen LogP contribution in [0.4, 0.5) is 8.78 Å². The summed E-state index contributed by atoms with van der Waals surface area (Å²) in [5.74, 6) is -2.30. The van der Waals surface area contributed by atoms with Gasteiger partial charge in [-0.15, -0.1) is 0 Å². The first-order valence-electron chi connectivity index (χ1n) is 5.75. The van der Waals surface area contributed by atoms with Gasteiger partial charge in [-0.3, -0.25) is 5.32 Å². The number of esters is 1. The van der Waals surface area contributed by atoms with Gasteiger partial charge in [0.2, 0.25) is 0 Å². The van der Waals surface area contributed by atoms with E-state index in [-0.39, 0.29) is 18.7 Å². The van der Waals surface area contributed by atoms with Gasteiger partial charge in [-0.1, -0.05) is 5.11 Å². The molecule has 0 bridgehead atoms. The predicted octanol–water partition coefficient (Wildman–Crippen LogP) is 2.25. The first-order chi connectivity index (χ1) is 9.43. The molecule has 0 fully saturated rings. The molecule has 1 atom stereocenters. The van der Waals surface area contributed by atoms with E-state index in [0.29, 0.717) is 6.07 Å². The molecule has 0 aliphatic carbocycles. The Hall–Kier alpha value is -2.18. The van der Waals surface area contributed by atoms with Crippen LogP contribution in [-0.4, -0.2) is 26.2 Å². The lowest BCUT2D eigenvalue weighted by Gasteiger charge is -2.28. The molecule has 0 saturated heterocycles. The number of azide groups is 1. The van der Waals surface area contributed by atoms with Crippen molar-refractivity contribution < 1.29 is 18.3 Å². The Morgan fingerprint density at radius 3 is 2.55 bits per heavy atom. The fraction of sp³-hybridized carbons (Fsp3) is 0.417. The van der Waals surface area contributed by atoms with Crippen LogP contribution in [0.25, 0.3) is 10.4 Å². The molecular formula is C12H14F2N4O2. The zero-order valence-corrected chi connectivity index (χ0v) is 11.1. The zero-order valence-electron chi connectivity index (χ0n) is 11.1. The smallest absolute Gasteiger partial charge is 0.330 e. The summed E-state index contributed by atoms with van der Waals surface area (Å²) in [4.78, 5) is 14.5. The minimum Gasteiger partial charge on any atom is -0.467 e. The van der Waals surface area contributed by atoms with Gasteiger partial charge in [-0.2, -0.15) is 0 Å². The number of rotatable bonds is 6. The van der Waals surface area contributed by atoms with Crippen LogP contribution in [0.3, 0.4) is 0 Å². The predicted molar refractivity (Wildman–Crippen MR) is 67.7 cm³/mol. The lowest BCUT2D eigenvalue weighted by molar-refractivity contribution is -0.148. The summed E-state index contributed by atoms with van der Waals surface area (Å²) in [7, 11) is 1.17. The average Bonchev–Trinajstić information content (AvgIpc) is 2.41. The summed E-state index contributed by atoms with van der Waals surface area (Å²) < 4.78 is 31.2. The maximum atomic E-state index is 13.3. The van der Waals surface area contributed by atoms with E-state index in [1.807, 2.05) is 0 Å². The van der Waals surface area contributed by atoms with Crippen LogP contribution < -0.4 is 5.32 Å². The van der Waals surface area contributed by atoms with Gasteiger partial charge in [0.15, 0.2) is 0 Å². The quantitative estimate of drug-likeness (QED) is 0.286. The average molecular weight is 284 g/mol. The molecule has 20 heavy (non-hydrogen) atoms. The highest BCUT2D eigenvalue weighted by Gasteiger charge is 2.36. The van der Waals surface area contributed by atoms with Crippen molar-refractivity contribution >= 4 is 5.97 Å². The van der Waals surface area contributed by atoms with Gasteiger partial charge in [0, 0.05) is 24.1 Å². The third-order valence-corrected chi connectivity index (χ3v) is 2.79. The van der Waals surface area contributed by atoms with E-state index in [9.17, 15) is 13.6 Å². The van der Waals surface area contributed by atoms with Gasteiger partial charge in [0.05, 0.1) is 7.11 Å². The van der Waals surface area contributed by atoms with Crippen LogP contribution in [0.2, 0.25) is 0 Å². The van der Waals surface area contributed by atoms with Crippen molar-refractivity contribution in [1.29, 1.82) is 0 Å². The first-order valence-corrected chi connectivity index (χ1v) is 5.75. The highest BCUT2D eigenvalue weighted by Crippen LogP contribution is 2.24. The summed E-state index contributed by atoms with van der Waals surface area (Å²) in [5, 5.41) is 6.09. The van der Waals surface area contributed by atoms with Crippen molar-refractivity contribution in [3.8, 4) is 0 Å². The number of halogens is 2. The van der Waals surface area contributed by atoms with Gasteiger partial charge in [0.25, 0.3) is 0 Å². The van der Waals surface area contributed by atoms with E-state index < -0.39 is 23.1 Å². The second-order valence-corrected chi connectivity index (χ2v) is 4.16. The van der Waals surface area contributed by atoms with Crippen LogP contribution in [-0.2, 0) is 15.1 Å². The van der Waals surface area contributed by atoms with Crippen molar-refractivity contribution in [2.75, 3.05) is 20.2 Å². The van der Waals surface area contributed by atoms with Crippen LogP contribution >= 0.6 is 0 Å². The van der Waals surface area contributed by atoms with Gasteiger partial charge in [-0.05, 0) is 30.2 Å². The highest BCUT2D eigenvalue weighted by atomic mass is 19.1. The summed E-state index contributed by atoms with van der Waals surface area (Å²) in [6.45, 7) is 1.66. The van der Waals surface area contributed by atoms with Crippen molar-refractivity contribution in [2.45, 2.75) is 12.5 Å². The number of hydrogen-bond acceptors (Lipinski definition) is 4. The van der Waals surface area contributed by atoms with E-state index in [1.54, 1.807) is 0 Å². The lowest BCUT2D eigenvalue weighted by Crippen LogP contribution is -2.48. The molecule has 0 aliphatic rings. The van der Waals surface area contributed by atoms with Crippen molar-refractivity contribution in [1.82, 2.24) is 5.32 Å². The maximum Gasteiger partial charge on any atom is 0.330 e. The molecule has 6 nitrogen and oxygen atoms in total. The molecule has 1 N–H and O–H groups in total. The molecular weight excluding hydrogens is 270 g/mol. The normalized spacial score (nSPS) is 13.2. The number of benzene rings is 1. The topological polar surface area (TPSA) is 87.1 Å². The Labute approximate surface area is 114 Å². The fourth-order valence-corrected chi connectivity index (χ4v) is 1.74. The Kier molecular flexibility index (Phi) is 5.42. The molecule has 108 valence electrons. The van der Waals surface area contributed by atoms with Crippen molar-refractivity contribution in [3.05, 3.63) is 45.8 Å². The van der Waals surface area contributed by atoms with Gasteiger partial charge in [-0.25, -0.2) is 13.6 Å². The molecule has 0 aromatic heterocycles. The summed E-state index contributed by atoms with van der Waals surface area (Å²) >= 11 is 0. The van der Waals surface area contributed by atoms with E-state index in [0.717, 1.165) is 12.1 Å². The third kappa shape index (κ3) is 3.66. The fourth-order valence-electron chi connectivity index (χ4n) is 1.74. The highest BCUT2D eigenvalue weighted by molar-refractivity contribution is 5.82. The number of nitrogens with one attached hydrogen (secondary N) is 1. The molecule has 8 heteroatoms. The standard InChI is InChI=1S/C12H14F2N4O2/c1-12(11(19)20-2,16-3-4-17-18-15)8-5-9(13)7-10(14)6-8/h5-7,16H,3-4H2,1-2H3. The van der Waals surface area contributed by atoms with Gasteiger partial charge >= 0.3 is 5.97 Å².